The first-order valence-corrected chi connectivity index (χ1v) is 8.73. The first-order chi connectivity index (χ1) is 13.3. The molecule has 0 saturated heterocycles. The number of ketones is 1. The number of nitrogens with one attached hydrogen (secondary N) is 2. The maximum atomic E-state index is 12.9. The maximum absolute atomic E-state index is 12.9. The number of ether oxygens (including phenoxy) is 2. The lowest BCUT2D eigenvalue weighted by Gasteiger charge is -2.26. The Morgan fingerprint density at radius 1 is 1.11 bits per heavy atom. The van der Waals surface area contributed by atoms with E-state index in [0.717, 1.165) is 12.1 Å². The van der Waals surface area contributed by atoms with Crippen LogP contribution in [-0.2, 0) is 19.1 Å². The zero-order valence-electron chi connectivity index (χ0n) is 15.5. The van der Waals surface area contributed by atoms with Crippen molar-refractivity contribution in [2.75, 3.05) is 13.2 Å². The van der Waals surface area contributed by atoms with Crippen LogP contribution < -0.4 is 10.6 Å². The van der Waals surface area contributed by atoms with E-state index >= 15 is 0 Å². The van der Waals surface area contributed by atoms with Gasteiger partial charge < -0.3 is 20.1 Å². The third-order valence-electron chi connectivity index (χ3n) is 3.97. The number of urea groups is 1. The highest BCUT2D eigenvalue weighted by molar-refractivity contribution is 5.97. The van der Waals surface area contributed by atoms with Gasteiger partial charge in [-0.3, -0.25) is 9.59 Å². The summed E-state index contributed by atoms with van der Waals surface area (Å²) in [6, 6.07) is 3.86. The third kappa shape index (κ3) is 5.63. The summed E-state index contributed by atoms with van der Waals surface area (Å²) in [6.45, 7) is 3.07. The fraction of sp³-hybridized carbons (Fsp3) is 0.368. The van der Waals surface area contributed by atoms with Crippen LogP contribution >= 0.6 is 0 Å². The fourth-order valence-electron chi connectivity index (χ4n) is 2.61. The van der Waals surface area contributed by atoms with Gasteiger partial charge in [0.15, 0.2) is 5.78 Å². The lowest BCUT2D eigenvalue weighted by atomic mass is 10.0. The summed E-state index contributed by atoms with van der Waals surface area (Å²) < 4.78 is 22.9. The van der Waals surface area contributed by atoms with Crippen LogP contribution in [-0.4, -0.2) is 43.0 Å². The summed E-state index contributed by atoms with van der Waals surface area (Å²) in [6.07, 6.45) is -0.307. The Bertz CT molecular complexity index is 803. The minimum atomic E-state index is -0.674. The van der Waals surface area contributed by atoms with Crippen molar-refractivity contribution in [3.8, 4) is 0 Å². The van der Waals surface area contributed by atoms with E-state index < -0.39 is 29.8 Å². The van der Waals surface area contributed by atoms with Crippen LogP contribution in [0, 0.1) is 5.82 Å². The van der Waals surface area contributed by atoms with E-state index in [4.69, 9.17) is 9.47 Å². The Kier molecular flexibility index (Phi) is 7.25. The highest BCUT2D eigenvalue weighted by Crippen LogP contribution is 2.15. The molecule has 0 aliphatic carbocycles. The van der Waals surface area contributed by atoms with Gasteiger partial charge in [0.1, 0.15) is 12.4 Å². The van der Waals surface area contributed by atoms with Gasteiger partial charge in [-0.15, -0.1) is 0 Å². The van der Waals surface area contributed by atoms with Gasteiger partial charge in [0.05, 0.1) is 30.3 Å². The van der Waals surface area contributed by atoms with E-state index in [1.54, 1.807) is 13.8 Å². The molecule has 0 unspecified atom stereocenters. The summed E-state index contributed by atoms with van der Waals surface area (Å²) >= 11 is 0. The lowest BCUT2D eigenvalue weighted by molar-refractivity contribution is -0.143. The number of amides is 2. The molecule has 1 aromatic carbocycles. The molecule has 0 bridgehead atoms. The van der Waals surface area contributed by atoms with Gasteiger partial charge in [0.2, 0.25) is 0 Å². The van der Waals surface area contributed by atoms with E-state index in [9.17, 15) is 23.6 Å². The van der Waals surface area contributed by atoms with Gasteiger partial charge in [-0.05, 0) is 38.1 Å². The summed E-state index contributed by atoms with van der Waals surface area (Å²) in [5.41, 5.74) is 0.588. The molecule has 150 valence electrons. The number of rotatable bonds is 8. The molecule has 28 heavy (non-hydrogen) atoms. The van der Waals surface area contributed by atoms with Gasteiger partial charge in [0.25, 0.3) is 0 Å². The zero-order valence-corrected chi connectivity index (χ0v) is 15.5. The van der Waals surface area contributed by atoms with Gasteiger partial charge in [-0.25, -0.2) is 14.0 Å². The van der Waals surface area contributed by atoms with Crippen LogP contribution in [0.1, 0.15) is 37.0 Å². The summed E-state index contributed by atoms with van der Waals surface area (Å²) in [4.78, 5) is 47.7. The highest BCUT2D eigenvalue weighted by Gasteiger charge is 2.30. The zero-order chi connectivity index (χ0) is 20.7. The van der Waals surface area contributed by atoms with Crippen molar-refractivity contribution in [2.24, 2.45) is 0 Å². The van der Waals surface area contributed by atoms with Gasteiger partial charge in [0, 0.05) is 12.0 Å². The second kappa shape index (κ2) is 9.63. The second-order valence-electron chi connectivity index (χ2n) is 6.02. The summed E-state index contributed by atoms with van der Waals surface area (Å²) in [5, 5.41) is 4.96. The van der Waals surface area contributed by atoms with Crippen LogP contribution in [0.5, 0.6) is 0 Å². The monoisotopic (exact) mass is 392 g/mol. The summed E-state index contributed by atoms with van der Waals surface area (Å²) in [5.74, 6) is -2.08. The first-order valence-electron chi connectivity index (χ1n) is 8.73. The Labute approximate surface area is 161 Å². The standard InChI is InChI=1S/C19H21FN2O6/c1-3-27-18(25)17-11(2)21-19(26)22-14(17)10-28-16(24)9-8-15(23)12-4-6-13(20)7-5-12/h4-7,11H,3,8-10H2,1-2H3,(H2,21,22,26)/t11-/m0/s1. The second-order valence-corrected chi connectivity index (χ2v) is 6.02. The first kappa shape index (κ1) is 21.1. The molecule has 1 aliphatic heterocycles. The molecule has 1 aliphatic rings. The average molecular weight is 392 g/mol. The molecule has 0 spiro atoms. The Morgan fingerprint density at radius 3 is 2.43 bits per heavy atom. The highest BCUT2D eigenvalue weighted by atomic mass is 19.1. The molecule has 2 N–H and O–H groups in total. The van der Waals surface area contributed by atoms with Crippen LogP contribution in [0.3, 0.4) is 0 Å². The molecular formula is C19H21FN2O6. The van der Waals surface area contributed by atoms with Gasteiger partial charge >= 0.3 is 18.0 Å². The largest absolute Gasteiger partial charge is 0.463 e. The van der Waals surface area contributed by atoms with E-state index in [1.165, 1.54) is 12.1 Å². The smallest absolute Gasteiger partial charge is 0.338 e. The van der Waals surface area contributed by atoms with E-state index in [2.05, 4.69) is 10.6 Å². The molecule has 2 amide bonds. The Hall–Kier alpha value is -3.23. The van der Waals surface area contributed by atoms with Crippen molar-refractivity contribution in [2.45, 2.75) is 32.7 Å². The molecule has 0 aromatic heterocycles. The molecule has 1 heterocycles. The molecule has 8 nitrogen and oxygen atoms in total. The van der Waals surface area contributed by atoms with E-state index in [1.807, 2.05) is 0 Å². The molecule has 1 aromatic rings. The van der Waals surface area contributed by atoms with Crippen molar-refractivity contribution in [3.63, 3.8) is 0 Å². The van der Waals surface area contributed by atoms with Crippen molar-refractivity contribution >= 4 is 23.8 Å². The molecule has 0 fully saturated rings. The predicted molar refractivity (Wildman–Crippen MR) is 95.7 cm³/mol. The molecule has 1 atom stereocenters. The number of esters is 2. The SMILES string of the molecule is CCOC(=O)C1=C(COC(=O)CCC(=O)c2ccc(F)cc2)NC(=O)N[C@H]1C. The van der Waals surface area contributed by atoms with Gasteiger partial charge in [-0.1, -0.05) is 0 Å². The normalized spacial score (nSPS) is 16.1. The van der Waals surface area contributed by atoms with Crippen LogP contribution in [0.25, 0.3) is 0 Å². The number of carbonyl (C=O) groups excluding carboxylic acids is 4. The molecular weight excluding hydrogens is 371 g/mol. The van der Waals surface area contributed by atoms with Gasteiger partial charge in [-0.2, -0.15) is 0 Å². The average Bonchev–Trinajstić information content (AvgIpc) is 2.64. The van der Waals surface area contributed by atoms with Crippen LogP contribution in [0.15, 0.2) is 35.5 Å². The van der Waals surface area contributed by atoms with Crippen molar-refractivity contribution in [1.29, 1.82) is 0 Å². The summed E-state index contributed by atoms with van der Waals surface area (Å²) in [7, 11) is 0. The van der Waals surface area contributed by atoms with E-state index in [0.29, 0.717) is 5.56 Å². The lowest BCUT2D eigenvalue weighted by Crippen LogP contribution is -2.50. The molecule has 0 radical (unpaired) electrons. The predicted octanol–water partition coefficient (Wildman–Crippen LogP) is 1.85. The number of halogens is 1. The minimum absolute atomic E-state index is 0.113. The third-order valence-corrected chi connectivity index (χ3v) is 3.97. The number of hydrogen-bond donors (Lipinski definition) is 2. The van der Waals surface area contributed by atoms with Crippen molar-refractivity contribution in [3.05, 3.63) is 46.9 Å². The maximum Gasteiger partial charge on any atom is 0.338 e. The number of Topliss-reactive ketones (excluding diaryl/α,β-unsaturated/α-hetero) is 1. The minimum Gasteiger partial charge on any atom is -0.463 e. The van der Waals surface area contributed by atoms with Crippen molar-refractivity contribution in [1.82, 2.24) is 10.6 Å². The molecule has 0 saturated carbocycles. The molecule has 2 rings (SSSR count). The Balaban J connectivity index is 1.94. The molecule has 9 heteroatoms. The number of carbonyl (C=O) groups is 4. The van der Waals surface area contributed by atoms with E-state index in [-0.39, 0.29) is 43.1 Å². The quantitative estimate of drug-likeness (QED) is 0.516. The fourth-order valence-corrected chi connectivity index (χ4v) is 2.61. The Morgan fingerprint density at radius 2 is 1.79 bits per heavy atom. The van der Waals surface area contributed by atoms with Crippen LogP contribution in [0.2, 0.25) is 0 Å². The van der Waals surface area contributed by atoms with Crippen LogP contribution in [0.4, 0.5) is 9.18 Å². The topological polar surface area (TPSA) is 111 Å². The number of hydrogen-bond acceptors (Lipinski definition) is 6. The number of benzene rings is 1. The van der Waals surface area contributed by atoms with Crippen molar-refractivity contribution < 1.29 is 33.0 Å².